The summed E-state index contributed by atoms with van der Waals surface area (Å²) < 4.78 is 12.6. The van der Waals surface area contributed by atoms with Crippen molar-refractivity contribution in [2.75, 3.05) is 13.1 Å². The lowest BCUT2D eigenvalue weighted by Crippen LogP contribution is -2.48. The van der Waals surface area contributed by atoms with Crippen molar-refractivity contribution >= 4 is 0 Å². The van der Waals surface area contributed by atoms with Crippen molar-refractivity contribution in [2.24, 2.45) is 11.8 Å². The molecule has 0 atom stereocenters. The highest BCUT2D eigenvalue weighted by Crippen LogP contribution is 2.24. The van der Waals surface area contributed by atoms with Crippen LogP contribution in [-0.4, -0.2) is 23.0 Å². The minimum Gasteiger partial charge on any atom is -0.297 e. The quantitative estimate of drug-likeness (QED) is 0.757. The van der Waals surface area contributed by atoms with Crippen molar-refractivity contribution in [1.29, 1.82) is 0 Å². The molecule has 2 heterocycles. The monoisotopic (exact) mass is 208 g/mol. The number of aromatic nitrogens is 1. The third kappa shape index (κ3) is 2.53. The highest BCUT2D eigenvalue weighted by Gasteiger charge is 2.28. The standard InChI is InChI=1S/C12H17FN2/c1-9(2)10-6-15(7-10)8-12-4-3-11(13)5-14-12/h3-5,9-10H,6-8H2,1-2H3. The molecule has 0 bridgehead atoms. The van der Waals surface area contributed by atoms with Crippen LogP contribution in [-0.2, 0) is 6.54 Å². The Balaban J connectivity index is 1.82. The average molecular weight is 208 g/mol. The SMILES string of the molecule is CC(C)C1CN(Cc2ccc(F)cn2)C1. The van der Waals surface area contributed by atoms with E-state index in [2.05, 4.69) is 23.7 Å². The molecule has 2 nitrogen and oxygen atoms in total. The van der Waals surface area contributed by atoms with Crippen LogP contribution in [0.2, 0.25) is 0 Å². The smallest absolute Gasteiger partial charge is 0.141 e. The van der Waals surface area contributed by atoms with E-state index in [0.717, 1.165) is 37.2 Å². The van der Waals surface area contributed by atoms with Crippen molar-refractivity contribution in [3.05, 3.63) is 29.8 Å². The van der Waals surface area contributed by atoms with Gasteiger partial charge in [0, 0.05) is 19.6 Å². The summed E-state index contributed by atoms with van der Waals surface area (Å²) in [6.07, 6.45) is 1.29. The van der Waals surface area contributed by atoms with Gasteiger partial charge < -0.3 is 0 Å². The zero-order chi connectivity index (χ0) is 10.8. The Morgan fingerprint density at radius 3 is 2.73 bits per heavy atom. The van der Waals surface area contributed by atoms with Gasteiger partial charge in [-0.2, -0.15) is 0 Å². The van der Waals surface area contributed by atoms with Crippen LogP contribution in [0.3, 0.4) is 0 Å². The molecule has 0 aliphatic carbocycles. The van der Waals surface area contributed by atoms with Crippen molar-refractivity contribution in [3.8, 4) is 0 Å². The molecule has 2 rings (SSSR count). The predicted octanol–water partition coefficient (Wildman–Crippen LogP) is 2.31. The van der Waals surface area contributed by atoms with E-state index < -0.39 is 0 Å². The van der Waals surface area contributed by atoms with E-state index in [1.54, 1.807) is 6.07 Å². The highest BCUT2D eigenvalue weighted by atomic mass is 19.1. The summed E-state index contributed by atoms with van der Waals surface area (Å²) in [5.41, 5.74) is 0.957. The fourth-order valence-corrected chi connectivity index (χ4v) is 1.89. The van der Waals surface area contributed by atoms with Crippen LogP contribution < -0.4 is 0 Å². The van der Waals surface area contributed by atoms with Crippen LogP contribution in [0.1, 0.15) is 19.5 Å². The Bertz CT molecular complexity index is 315. The number of hydrogen-bond acceptors (Lipinski definition) is 2. The van der Waals surface area contributed by atoms with Crippen molar-refractivity contribution in [2.45, 2.75) is 20.4 Å². The molecule has 1 aromatic rings. The van der Waals surface area contributed by atoms with Gasteiger partial charge in [0.05, 0.1) is 11.9 Å². The van der Waals surface area contributed by atoms with Gasteiger partial charge in [-0.1, -0.05) is 13.8 Å². The molecule has 0 saturated carbocycles. The zero-order valence-corrected chi connectivity index (χ0v) is 9.28. The molecular weight excluding hydrogens is 191 g/mol. The molecule has 0 aromatic carbocycles. The van der Waals surface area contributed by atoms with E-state index in [-0.39, 0.29) is 5.82 Å². The maximum Gasteiger partial charge on any atom is 0.141 e. The first-order valence-electron chi connectivity index (χ1n) is 5.48. The van der Waals surface area contributed by atoms with Gasteiger partial charge in [-0.25, -0.2) is 4.39 Å². The second kappa shape index (κ2) is 4.27. The van der Waals surface area contributed by atoms with Gasteiger partial charge in [0.1, 0.15) is 5.82 Å². The van der Waals surface area contributed by atoms with Gasteiger partial charge in [-0.15, -0.1) is 0 Å². The van der Waals surface area contributed by atoms with Gasteiger partial charge in [-0.3, -0.25) is 9.88 Å². The summed E-state index contributed by atoms with van der Waals surface area (Å²) in [6, 6.07) is 3.24. The lowest BCUT2D eigenvalue weighted by Gasteiger charge is -2.41. The minimum absolute atomic E-state index is 0.262. The first-order valence-corrected chi connectivity index (χ1v) is 5.48. The van der Waals surface area contributed by atoms with E-state index in [1.165, 1.54) is 12.3 Å². The van der Waals surface area contributed by atoms with Crippen molar-refractivity contribution in [3.63, 3.8) is 0 Å². The molecule has 0 spiro atoms. The van der Waals surface area contributed by atoms with Crippen LogP contribution in [0.15, 0.2) is 18.3 Å². The number of hydrogen-bond donors (Lipinski definition) is 0. The molecule has 0 radical (unpaired) electrons. The van der Waals surface area contributed by atoms with Crippen LogP contribution in [0.4, 0.5) is 4.39 Å². The van der Waals surface area contributed by atoms with Crippen LogP contribution in [0.25, 0.3) is 0 Å². The predicted molar refractivity (Wildman–Crippen MR) is 57.8 cm³/mol. The number of halogens is 1. The molecule has 0 unspecified atom stereocenters. The molecule has 1 aromatic heterocycles. The lowest BCUT2D eigenvalue weighted by molar-refractivity contribution is 0.0602. The third-order valence-electron chi connectivity index (χ3n) is 3.10. The van der Waals surface area contributed by atoms with Gasteiger partial charge >= 0.3 is 0 Å². The second-order valence-electron chi connectivity index (χ2n) is 4.67. The highest BCUT2D eigenvalue weighted by molar-refractivity contribution is 5.05. The fourth-order valence-electron chi connectivity index (χ4n) is 1.89. The fraction of sp³-hybridized carbons (Fsp3) is 0.583. The molecule has 1 saturated heterocycles. The average Bonchev–Trinajstić information content (AvgIpc) is 2.13. The maximum absolute atomic E-state index is 12.6. The number of likely N-dealkylation sites (tertiary alicyclic amines) is 1. The first kappa shape index (κ1) is 10.6. The van der Waals surface area contributed by atoms with E-state index in [0.29, 0.717) is 0 Å². The second-order valence-corrected chi connectivity index (χ2v) is 4.67. The molecule has 0 N–H and O–H groups in total. The van der Waals surface area contributed by atoms with Crippen LogP contribution in [0.5, 0.6) is 0 Å². The molecule has 15 heavy (non-hydrogen) atoms. The normalized spacial score (nSPS) is 18.1. The van der Waals surface area contributed by atoms with Crippen molar-refractivity contribution in [1.82, 2.24) is 9.88 Å². The molecule has 3 heteroatoms. The molecule has 1 aliphatic heterocycles. The summed E-state index contributed by atoms with van der Waals surface area (Å²) in [5, 5.41) is 0. The number of pyridine rings is 1. The summed E-state index contributed by atoms with van der Waals surface area (Å²) >= 11 is 0. The minimum atomic E-state index is -0.262. The largest absolute Gasteiger partial charge is 0.297 e. The Morgan fingerprint density at radius 1 is 1.47 bits per heavy atom. The van der Waals surface area contributed by atoms with Gasteiger partial charge in [-0.05, 0) is 24.0 Å². The summed E-state index contributed by atoms with van der Waals surface area (Å²) in [6.45, 7) is 7.67. The Kier molecular flexibility index (Phi) is 3.00. The summed E-state index contributed by atoms with van der Waals surface area (Å²) in [5.74, 6) is 1.33. The Hall–Kier alpha value is -0.960. The number of nitrogens with zero attached hydrogens (tertiary/aromatic N) is 2. The third-order valence-corrected chi connectivity index (χ3v) is 3.10. The molecule has 1 fully saturated rings. The first-order chi connectivity index (χ1) is 7.15. The molecular formula is C12H17FN2. The Morgan fingerprint density at radius 2 is 2.20 bits per heavy atom. The van der Waals surface area contributed by atoms with Gasteiger partial charge in [0.15, 0.2) is 0 Å². The summed E-state index contributed by atoms with van der Waals surface area (Å²) in [7, 11) is 0. The van der Waals surface area contributed by atoms with Crippen molar-refractivity contribution < 1.29 is 4.39 Å². The lowest BCUT2D eigenvalue weighted by atomic mass is 9.88. The van der Waals surface area contributed by atoms with Crippen LogP contribution in [0, 0.1) is 17.7 Å². The molecule has 0 amide bonds. The van der Waals surface area contributed by atoms with Crippen LogP contribution >= 0.6 is 0 Å². The van der Waals surface area contributed by atoms with E-state index >= 15 is 0 Å². The zero-order valence-electron chi connectivity index (χ0n) is 9.28. The van der Waals surface area contributed by atoms with E-state index in [4.69, 9.17) is 0 Å². The maximum atomic E-state index is 12.6. The Labute approximate surface area is 90.1 Å². The van der Waals surface area contributed by atoms with E-state index in [1.807, 2.05) is 0 Å². The topological polar surface area (TPSA) is 16.1 Å². The summed E-state index contributed by atoms with van der Waals surface area (Å²) in [4.78, 5) is 6.41. The van der Waals surface area contributed by atoms with E-state index in [9.17, 15) is 4.39 Å². The van der Waals surface area contributed by atoms with Gasteiger partial charge in [0.25, 0.3) is 0 Å². The molecule has 1 aliphatic rings. The molecule has 82 valence electrons. The van der Waals surface area contributed by atoms with Gasteiger partial charge in [0.2, 0.25) is 0 Å². The number of rotatable bonds is 3.